The minimum atomic E-state index is -0.762. The van der Waals surface area contributed by atoms with Crippen LogP contribution in [0.15, 0.2) is 66.7 Å². The quantitative estimate of drug-likeness (QED) is 0.581. The van der Waals surface area contributed by atoms with Crippen molar-refractivity contribution >= 4 is 11.8 Å². The number of amides is 2. The number of nitrogens with zero attached hydrogens (tertiary/aromatic N) is 1. The standard InChI is InChI=1S/C27H27FN2O4/c1-33-24-15-20-12-13-30(17-21(20)16-25(24)34-2)27(32)23(14-18-6-4-3-5-7-18)29-26(31)19-8-10-22(28)11-9-19/h3-11,15-16,23H,12-14,17H2,1-2H3,(H,29,31). The van der Waals surface area contributed by atoms with Gasteiger partial charge in [-0.15, -0.1) is 0 Å². The van der Waals surface area contributed by atoms with Gasteiger partial charge in [0.1, 0.15) is 11.9 Å². The van der Waals surface area contributed by atoms with Crippen molar-refractivity contribution in [2.75, 3.05) is 20.8 Å². The van der Waals surface area contributed by atoms with E-state index in [4.69, 9.17) is 9.47 Å². The zero-order chi connectivity index (χ0) is 24.1. The number of fused-ring (bicyclic) bond motifs is 1. The second-order valence-corrected chi connectivity index (χ2v) is 8.21. The van der Waals surface area contributed by atoms with Gasteiger partial charge in [-0.25, -0.2) is 4.39 Å². The molecule has 4 rings (SSSR count). The van der Waals surface area contributed by atoms with E-state index in [-0.39, 0.29) is 5.91 Å². The number of nitrogens with one attached hydrogen (secondary N) is 1. The van der Waals surface area contributed by atoms with Gasteiger partial charge in [0.15, 0.2) is 11.5 Å². The molecule has 0 fully saturated rings. The van der Waals surface area contributed by atoms with Crippen LogP contribution in [0.4, 0.5) is 4.39 Å². The Hall–Kier alpha value is -3.87. The van der Waals surface area contributed by atoms with E-state index in [2.05, 4.69) is 5.32 Å². The van der Waals surface area contributed by atoms with Gasteiger partial charge in [-0.05, 0) is 59.5 Å². The molecule has 1 aliphatic heterocycles. The monoisotopic (exact) mass is 462 g/mol. The Morgan fingerprint density at radius 2 is 1.62 bits per heavy atom. The molecule has 6 nitrogen and oxygen atoms in total. The number of hydrogen-bond donors (Lipinski definition) is 1. The molecule has 1 N–H and O–H groups in total. The van der Waals surface area contributed by atoms with Crippen molar-refractivity contribution in [1.29, 1.82) is 0 Å². The Bertz CT molecular complexity index is 1170. The minimum Gasteiger partial charge on any atom is -0.493 e. The maximum Gasteiger partial charge on any atom is 0.251 e. The van der Waals surface area contributed by atoms with E-state index in [1.54, 1.807) is 19.1 Å². The van der Waals surface area contributed by atoms with Crippen LogP contribution in [0.3, 0.4) is 0 Å². The van der Waals surface area contributed by atoms with Crippen molar-refractivity contribution in [3.8, 4) is 11.5 Å². The highest BCUT2D eigenvalue weighted by Crippen LogP contribution is 2.33. The Morgan fingerprint density at radius 3 is 2.26 bits per heavy atom. The van der Waals surface area contributed by atoms with Gasteiger partial charge in [0.05, 0.1) is 14.2 Å². The molecule has 1 aliphatic rings. The van der Waals surface area contributed by atoms with E-state index < -0.39 is 17.8 Å². The van der Waals surface area contributed by atoms with Crippen LogP contribution in [0.2, 0.25) is 0 Å². The van der Waals surface area contributed by atoms with Crippen molar-refractivity contribution in [3.63, 3.8) is 0 Å². The second kappa shape index (κ2) is 10.4. The van der Waals surface area contributed by atoms with Crippen LogP contribution < -0.4 is 14.8 Å². The fourth-order valence-corrected chi connectivity index (χ4v) is 4.18. The third-order valence-electron chi connectivity index (χ3n) is 6.02. The van der Waals surface area contributed by atoms with Crippen LogP contribution in [0.5, 0.6) is 11.5 Å². The van der Waals surface area contributed by atoms with Crippen molar-refractivity contribution < 1.29 is 23.5 Å². The number of carbonyl (C=O) groups excluding carboxylic acids is 2. The predicted octanol–water partition coefficient (Wildman–Crippen LogP) is 3.77. The smallest absolute Gasteiger partial charge is 0.251 e. The highest BCUT2D eigenvalue weighted by Gasteiger charge is 2.30. The Labute approximate surface area is 198 Å². The van der Waals surface area contributed by atoms with E-state index in [0.29, 0.717) is 43.0 Å². The first-order valence-corrected chi connectivity index (χ1v) is 11.1. The molecule has 0 bridgehead atoms. The lowest BCUT2D eigenvalue weighted by molar-refractivity contribution is -0.134. The SMILES string of the molecule is COc1cc2c(cc1OC)CN(C(=O)C(Cc1ccccc1)NC(=O)c1ccc(F)cc1)CC2. The first kappa shape index (κ1) is 23.3. The Kier molecular flexibility index (Phi) is 7.11. The van der Waals surface area contributed by atoms with Crippen LogP contribution in [0.25, 0.3) is 0 Å². The van der Waals surface area contributed by atoms with Gasteiger partial charge < -0.3 is 19.7 Å². The predicted molar refractivity (Wildman–Crippen MR) is 126 cm³/mol. The fourth-order valence-electron chi connectivity index (χ4n) is 4.18. The number of hydrogen-bond acceptors (Lipinski definition) is 4. The maximum atomic E-state index is 13.6. The highest BCUT2D eigenvalue weighted by atomic mass is 19.1. The van der Waals surface area contributed by atoms with Gasteiger partial charge in [-0.1, -0.05) is 30.3 Å². The third kappa shape index (κ3) is 5.20. The maximum absolute atomic E-state index is 13.6. The topological polar surface area (TPSA) is 67.9 Å². The molecule has 34 heavy (non-hydrogen) atoms. The van der Waals surface area contributed by atoms with E-state index >= 15 is 0 Å². The molecule has 0 spiro atoms. The van der Waals surface area contributed by atoms with E-state index in [0.717, 1.165) is 16.7 Å². The first-order valence-electron chi connectivity index (χ1n) is 11.1. The molecular formula is C27H27FN2O4. The van der Waals surface area contributed by atoms with Crippen LogP contribution in [0, 0.1) is 5.82 Å². The van der Waals surface area contributed by atoms with Crippen LogP contribution in [0.1, 0.15) is 27.0 Å². The molecule has 0 aliphatic carbocycles. The molecule has 3 aromatic carbocycles. The molecule has 0 aromatic heterocycles. The molecule has 1 unspecified atom stereocenters. The summed E-state index contributed by atoms with van der Waals surface area (Å²) in [5.74, 6) is 0.265. The van der Waals surface area contributed by atoms with Gasteiger partial charge >= 0.3 is 0 Å². The number of methoxy groups -OCH3 is 2. The summed E-state index contributed by atoms with van der Waals surface area (Å²) in [4.78, 5) is 28.2. The Morgan fingerprint density at radius 1 is 0.971 bits per heavy atom. The first-order chi connectivity index (χ1) is 16.5. The van der Waals surface area contributed by atoms with E-state index in [1.807, 2.05) is 42.5 Å². The van der Waals surface area contributed by atoms with E-state index in [1.165, 1.54) is 24.3 Å². The van der Waals surface area contributed by atoms with Gasteiger partial charge in [-0.2, -0.15) is 0 Å². The van der Waals surface area contributed by atoms with Crippen molar-refractivity contribution in [3.05, 3.63) is 94.8 Å². The van der Waals surface area contributed by atoms with Gasteiger partial charge in [0.2, 0.25) is 5.91 Å². The zero-order valence-corrected chi connectivity index (χ0v) is 19.2. The summed E-state index contributed by atoms with van der Waals surface area (Å²) in [6.45, 7) is 0.936. The molecule has 3 aromatic rings. The molecular weight excluding hydrogens is 435 g/mol. The average molecular weight is 463 g/mol. The Balaban J connectivity index is 1.56. The molecule has 1 heterocycles. The van der Waals surface area contributed by atoms with Gasteiger partial charge in [0.25, 0.3) is 5.91 Å². The summed E-state index contributed by atoms with van der Waals surface area (Å²) >= 11 is 0. The lowest BCUT2D eigenvalue weighted by Crippen LogP contribution is -2.50. The van der Waals surface area contributed by atoms with Gasteiger partial charge in [-0.3, -0.25) is 9.59 Å². The minimum absolute atomic E-state index is 0.167. The van der Waals surface area contributed by atoms with Crippen LogP contribution in [-0.4, -0.2) is 43.5 Å². The molecule has 2 amide bonds. The molecule has 0 saturated carbocycles. The third-order valence-corrected chi connectivity index (χ3v) is 6.02. The molecule has 0 radical (unpaired) electrons. The number of rotatable bonds is 7. The number of carbonyl (C=O) groups is 2. The zero-order valence-electron chi connectivity index (χ0n) is 19.2. The fraction of sp³-hybridized carbons (Fsp3) is 0.259. The number of halogens is 1. The van der Waals surface area contributed by atoms with Crippen LogP contribution >= 0.6 is 0 Å². The average Bonchev–Trinajstić information content (AvgIpc) is 2.87. The van der Waals surface area contributed by atoms with Crippen molar-refractivity contribution in [2.45, 2.75) is 25.4 Å². The largest absolute Gasteiger partial charge is 0.493 e. The highest BCUT2D eigenvalue weighted by molar-refractivity contribution is 5.97. The summed E-state index contributed by atoms with van der Waals surface area (Å²) in [5.41, 5.74) is 3.33. The summed E-state index contributed by atoms with van der Waals surface area (Å²) < 4.78 is 24.1. The van der Waals surface area contributed by atoms with Crippen molar-refractivity contribution in [1.82, 2.24) is 10.2 Å². The lowest BCUT2D eigenvalue weighted by atomic mass is 9.97. The normalized spacial score (nSPS) is 13.6. The second-order valence-electron chi connectivity index (χ2n) is 8.21. The molecule has 1 atom stereocenters. The molecule has 0 saturated heterocycles. The summed E-state index contributed by atoms with van der Waals surface area (Å²) in [7, 11) is 3.18. The molecule has 7 heteroatoms. The van der Waals surface area contributed by atoms with E-state index in [9.17, 15) is 14.0 Å². The van der Waals surface area contributed by atoms with Crippen LogP contribution in [-0.2, 0) is 24.2 Å². The molecule has 176 valence electrons. The summed E-state index contributed by atoms with van der Waals surface area (Å²) in [6, 6.07) is 17.9. The van der Waals surface area contributed by atoms with Crippen molar-refractivity contribution in [2.24, 2.45) is 0 Å². The number of benzene rings is 3. The number of ether oxygens (including phenoxy) is 2. The lowest BCUT2D eigenvalue weighted by Gasteiger charge is -2.32. The summed E-state index contributed by atoms with van der Waals surface area (Å²) in [5, 5.41) is 2.87. The van der Waals surface area contributed by atoms with Gasteiger partial charge in [0, 0.05) is 25.1 Å². The summed E-state index contributed by atoms with van der Waals surface area (Å²) in [6.07, 6.45) is 1.02.